The van der Waals surface area contributed by atoms with E-state index < -0.39 is 9.84 Å². The zero-order valence-corrected chi connectivity index (χ0v) is 15.5. The molecule has 8 nitrogen and oxygen atoms in total. The maximum atomic E-state index is 11.6. The van der Waals surface area contributed by atoms with E-state index in [0.29, 0.717) is 18.7 Å². The molecule has 0 bridgehead atoms. The highest BCUT2D eigenvalue weighted by atomic mass is 32.2. The molecule has 0 N–H and O–H groups in total. The van der Waals surface area contributed by atoms with Gasteiger partial charge in [-0.2, -0.15) is 5.10 Å². The molecular formula is C17H22N4O4S. The van der Waals surface area contributed by atoms with Crippen molar-refractivity contribution in [3.63, 3.8) is 0 Å². The molecule has 0 amide bonds. The van der Waals surface area contributed by atoms with Crippen LogP contribution in [0.15, 0.2) is 24.5 Å². The third-order valence-electron chi connectivity index (χ3n) is 4.98. The van der Waals surface area contributed by atoms with Gasteiger partial charge in [0.05, 0.1) is 18.1 Å². The Morgan fingerprint density at radius 3 is 2.96 bits per heavy atom. The van der Waals surface area contributed by atoms with Crippen LogP contribution in [0.1, 0.15) is 17.8 Å². The molecule has 1 unspecified atom stereocenters. The Bertz CT molecular complexity index is 896. The fraction of sp³-hybridized carbons (Fsp3) is 0.529. The van der Waals surface area contributed by atoms with Crippen LogP contribution in [-0.2, 0) is 22.8 Å². The van der Waals surface area contributed by atoms with E-state index in [2.05, 4.69) is 15.0 Å². The maximum Gasteiger partial charge on any atom is 0.231 e. The number of sulfone groups is 1. The van der Waals surface area contributed by atoms with Crippen molar-refractivity contribution >= 4 is 9.84 Å². The minimum absolute atomic E-state index is 0.102. The summed E-state index contributed by atoms with van der Waals surface area (Å²) in [4.78, 5) is 6.48. The molecule has 0 saturated carbocycles. The average Bonchev–Trinajstić information content (AvgIpc) is 3.32. The second kappa shape index (κ2) is 6.88. The van der Waals surface area contributed by atoms with Crippen molar-refractivity contribution in [2.45, 2.75) is 25.4 Å². The molecule has 0 spiro atoms. The van der Waals surface area contributed by atoms with E-state index in [1.165, 1.54) is 0 Å². The predicted octanol–water partition coefficient (Wildman–Crippen LogP) is 0.716. The Balaban J connectivity index is 1.38. The van der Waals surface area contributed by atoms with Gasteiger partial charge >= 0.3 is 0 Å². The molecule has 26 heavy (non-hydrogen) atoms. The normalized spacial score (nSPS) is 20.8. The number of ether oxygens (including phenoxy) is 2. The fourth-order valence-corrected chi connectivity index (χ4v) is 5.21. The largest absolute Gasteiger partial charge is 0.454 e. The van der Waals surface area contributed by atoms with E-state index in [1.54, 1.807) is 6.33 Å². The fourth-order valence-electron chi connectivity index (χ4n) is 3.41. The van der Waals surface area contributed by atoms with Crippen LogP contribution in [0.5, 0.6) is 11.5 Å². The Hall–Kier alpha value is -2.13. The standard InChI is InChI=1S/C17H22N4O4S/c1-20(14-5-7-26(22,23)10-14)6-4-17-18-11-19-21(17)9-13-2-3-15-16(8-13)25-12-24-15/h2-3,8,11,14H,4-7,9-10,12H2,1H3. The van der Waals surface area contributed by atoms with Crippen LogP contribution in [0.3, 0.4) is 0 Å². The monoisotopic (exact) mass is 378 g/mol. The molecule has 2 aliphatic heterocycles. The summed E-state index contributed by atoms with van der Waals surface area (Å²) in [5.74, 6) is 2.96. The van der Waals surface area contributed by atoms with Crippen LogP contribution in [0.4, 0.5) is 0 Å². The van der Waals surface area contributed by atoms with Gasteiger partial charge in [-0.1, -0.05) is 6.07 Å². The minimum atomic E-state index is -2.86. The Labute approximate surface area is 152 Å². The molecule has 2 aromatic rings. The summed E-state index contributed by atoms with van der Waals surface area (Å²) in [5, 5.41) is 4.32. The zero-order chi connectivity index (χ0) is 18.1. The minimum Gasteiger partial charge on any atom is -0.454 e. The van der Waals surface area contributed by atoms with Crippen molar-refractivity contribution in [2.24, 2.45) is 0 Å². The lowest BCUT2D eigenvalue weighted by atomic mass is 10.2. The number of rotatable bonds is 6. The molecule has 1 aromatic carbocycles. The SMILES string of the molecule is CN(CCc1ncnn1Cc1ccc2c(c1)OCO2)C1CCS(=O)(=O)C1. The van der Waals surface area contributed by atoms with E-state index >= 15 is 0 Å². The van der Waals surface area contributed by atoms with Crippen molar-refractivity contribution in [2.75, 3.05) is 31.9 Å². The van der Waals surface area contributed by atoms with Crippen LogP contribution < -0.4 is 9.47 Å². The lowest BCUT2D eigenvalue weighted by Crippen LogP contribution is -2.34. The first-order valence-electron chi connectivity index (χ1n) is 8.66. The summed E-state index contributed by atoms with van der Waals surface area (Å²) in [6.07, 6.45) is 2.99. The molecule has 1 atom stereocenters. The molecule has 9 heteroatoms. The maximum absolute atomic E-state index is 11.6. The van der Waals surface area contributed by atoms with E-state index in [-0.39, 0.29) is 18.6 Å². The third kappa shape index (κ3) is 3.68. The van der Waals surface area contributed by atoms with Gasteiger partial charge in [-0.15, -0.1) is 0 Å². The summed E-state index contributed by atoms with van der Waals surface area (Å²) >= 11 is 0. The first kappa shape index (κ1) is 17.3. The summed E-state index contributed by atoms with van der Waals surface area (Å²) in [6, 6.07) is 5.96. The smallest absolute Gasteiger partial charge is 0.231 e. The highest BCUT2D eigenvalue weighted by Gasteiger charge is 2.30. The van der Waals surface area contributed by atoms with Crippen LogP contribution in [0.25, 0.3) is 0 Å². The highest BCUT2D eigenvalue weighted by Crippen LogP contribution is 2.32. The first-order chi connectivity index (χ1) is 12.5. The van der Waals surface area contributed by atoms with E-state index in [9.17, 15) is 8.42 Å². The van der Waals surface area contributed by atoms with Gasteiger partial charge in [0.2, 0.25) is 6.79 Å². The van der Waals surface area contributed by atoms with Crippen molar-refractivity contribution in [1.82, 2.24) is 19.7 Å². The molecule has 2 aliphatic rings. The van der Waals surface area contributed by atoms with Gasteiger partial charge in [0, 0.05) is 19.0 Å². The number of likely N-dealkylation sites (N-methyl/N-ethyl adjacent to an activating group) is 1. The molecule has 1 aromatic heterocycles. The van der Waals surface area contributed by atoms with Gasteiger partial charge in [0.1, 0.15) is 12.2 Å². The van der Waals surface area contributed by atoms with E-state index in [0.717, 1.165) is 35.9 Å². The number of hydrogen-bond acceptors (Lipinski definition) is 7. The van der Waals surface area contributed by atoms with Gasteiger partial charge < -0.3 is 14.4 Å². The van der Waals surface area contributed by atoms with Gasteiger partial charge in [-0.3, -0.25) is 0 Å². The van der Waals surface area contributed by atoms with Crippen molar-refractivity contribution in [1.29, 1.82) is 0 Å². The highest BCUT2D eigenvalue weighted by molar-refractivity contribution is 7.91. The molecule has 3 heterocycles. The number of hydrogen-bond donors (Lipinski definition) is 0. The molecule has 1 fully saturated rings. The number of nitrogens with zero attached hydrogens (tertiary/aromatic N) is 4. The van der Waals surface area contributed by atoms with Crippen LogP contribution >= 0.6 is 0 Å². The van der Waals surface area contributed by atoms with Crippen molar-refractivity contribution in [3.05, 3.63) is 35.9 Å². The number of fused-ring (bicyclic) bond motifs is 1. The molecule has 1 saturated heterocycles. The third-order valence-corrected chi connectivity index (χ3v) is 6.74. The number of aromatic nitrogens is 3. The van der Waals surface area contributed by atoms with Gasteiger partial charge in [-0.25, -0.2) is 18.1 Å². The van der Waals surface area contributed by atoms with Gasteiger partial charge in [-0.05, 0) is 31.2 Å². The average molecular weight is 378 g/mol. The van der Waals surface area contributed by atoms with Crippen LogP contribution in [0.2, 0.25) is 0 Å². The van der Waals surface area contributed by atoms with Gasteiger partial charge in [0.15, 0.2) is 21.3 Å². The molecule has 140 valence electrons. The van der Waals surface area contributed by atoms with E-state index in [1.807, 2.05) is 29.9 Å². The van der Waals surface area contributed by atoms with E-state index in [4.69, 9.17) is 9.47 Å². The first-order valence-corrected chi connectivity index (χ1v) is 10.5. The second-order valence-electron chi connectivity index (χ2n) is 6.81. The number of benzene rings is 1. The Kier molecular flexibility index (Phi) is 4.58. The summed E-state index contributed by atoms with van der Waals surface area (Å²) in [7, 11) is -0.887. The topological polar surface area (TPSA) is 86.6 Å². The Morgan fingerprint density at radius 1 is 1.31 bits per heavy atom. The zero-order valence-electron chi connectivity index (χ0n) is 14.7. The summed E-state index contributed by atoms with van der Waals surface area (Å²) < 4.78 is 35.9. The van der Waals surface area contributed by atoms with Crippen LogP contribution in [0, 0.1) is 0 Å². The van der Waals surface area contributed by atoms with Crippen molar-refractivity contribution in [3.8, 4) is 11.5 Å². The second-order valence-corrected chi connectivity index (χ2v) is 9.04. The molecule has 0 aliphatic carbocycles. The lowest BCUT2D eigenvalue weighted by molar-refractivity contribution is 0.174. The Morgan fingerprint density at radius 2 is 2.15 bits per heavy atom. The van der Waals surface area contributed by atoms with Crippen molar-refractivity contribution < 1.29 is 17.9 Å². The molecule has 0 radical (unpaired) electrons. The summed E-state index contributed by atoms with van der Waals surface area (Å²) in [5.41, 5.74) is 1.07. The van der Waals surface area contributed by atoms with Gasteiger partial charge in [0.25, 0.3) is 0 Å². The molecule has 4 rings (SSSR count). The van der Waals surface area contributed by atoms with Crippen LogP contribution in [-0.4, -0.2) is 66.0 Å². The lowest BCUT2D eigenvalue weighted by Gasteiger charge is -2.22. The predicted molar refractivity (Wildman–Crippen MR) is 95.1 cm³/mol. The quantitative estimate of drug-likeness (QED) is 0.732. The molecular weight excluding hydrogens is 356 g/mol. The summed E-state index contributed by atoms with van der Waals surface area (Å²) in [6.45, 7) is 1.62.